The van der Waals surface area contributed by atoms with Gasteiger partial charge >= 0.3 is 0 Å². The highest BCUT2D eigenvalue weighted by molar-refractivity contribution is 5.94. The van der Waals surface area contributed by atoms with Gasteiger partial charge in [-0.3, -0.25) is 4.79 Å². The Balaban J connectivity index is 1.89. The van der Waals surface area contributed by atoms with Gasteiger partial charge in [0.2, 0.25) is 0 Å². The zero-order chi connectivity index (χ0) is 14.1. The second-order valence-electron chi connectivity index (χ2n) is 4.43. The number of amides is 1. The Labute approximate surface area is 114 Å². The predicted octanol–water partition coefficient (Wildman–Crippen LogP) is 0.428. The minimum absolute atomic E-state index is 0.135. The number of carbonyl (C=O) groups is 1. The van der Waals surface area contributed by atoms with Gasteiger partial charge in [0, 0.05) is 25.6 Å². The fourth-order valence-corrected chi connectivity index (χ4v) is 1.99. The van der Waals surface area contributed by atoms with Crippen LogP contribution in [0.1, 0.15) is 21.9 Å². The molecule has 0 radical (unpaired) electrons. The maximum Gasteiger partial charge on any atom is 0.257 e. The topological polar surface area (TPSA) is 92.1 Å². The van der Waals surface area contributed by atoms with Gasteiger partial charge in [0.05, 0.1) is 17.8 Å². The number of aromatic amines is 1. The highest BCUT2D eigenvalue weighted by Crippen LogP contribution is 2.11. The molecule has 1 amide bonds. The number of nitrogens with one attached hydrogen (secondary N) is 1. The van der Waals surface area contributed by atoms with Crippen LogP contribution in [-0.4, -0.2) is 47.4 Å². The quantitative estimate of drug-likeness (QED) is 0.745. The lowest BCUT2D eigenvalue weighted by Crippen LogP contribution is -2.28. The number of aromatic nitrogens is 6. The summed E-state index contributed by atoms with van der Waals surface area (Å²) in [4.78, 5) is 29.2. The van der Waals surface area contributed by atoms with Crippen LogP contribution >= 0.6 is 0 Å². The van der Waals surface area contributed by atoms with E-state index in [2.05, 4.69) is 25.0 Å². The Morgan fingerprint density at radius 1 is 1.40 bits per heavy atom. The van der Waals surface area contributed by atoms with Crippen molar-refractivity contribution in [3.63, 3.8) is 0 Å². The van der Waals surface area contributed by atoms with Crippen LogP contribution in [0.4, 0.5) is 0 Å². The number of nitrogens with zero attached hydrogens (tertiary/aromatic N) is 6. The number of carbonyl (C=O) groups excluding carboxylic acids is 1. The molecule has 0 aliphatic carbocycles. The van der Waals surface area contributed by atoms with E-state index in [4.69, 9.17) is 0 Å². The molecule has 0 aliphatic heterocycles. The maximum atomic E-state index is 12.4. The molecule has 0 atom stereocenters. The van der Waals surface area contributed by atoms with E-state index in [9.17, 15) is 4.79 Å². The molecule has 0 saturated heterocycles. The first kappa shape index (κ1) is 12.3. The van der Waals surface area contributed by atoms with Crippen LogP contribution in [0.3, 0.4) is 0 Å². The standard InChI is InChI=1S/C12H13N7O/c1-8-9(5-15-12-16-7-17-19(8)12)11(20)18(2)6-10-13-3-4-14-10/h3-5,7H,6H2,1-2H3,(H,13,14). The predicted molar refractivity (Wildman–Crippen MR) is 69.9 cm³/mol. The SMILES string of the molecule is Cc1c(C(=O)N(C)Cc2ncc[nH]2)cnc2ncnn12. The monoisotopic (exact) mass is 271 g/mol. The number of H-pyrrole nitrogens is 1. The fourth-order valence-electron chi connectivity index (χ4n) is 1.99. The van der Waals surface area contributed by atoms with Crippen LogP contribution in [0.5, 0.6) is 0 Å². The smallest absolute Gasteiger partial charge is 0.257 e. The van der Waals surface area contributed by atoms with Crippen molar-refractivity contribution in [1.29, 1.82) is 0 Å². The summed E-state index contributed by atoms with van der Waals surface area (Å²) >= 11 is 0. The molecule has 0 fully saturated rings. The van der Waals surface area contributed by atoms with E-state index < -0.39 is 0 Å². The molecule has 0 bridgehead atoms. The van der Waals surface area contributed by atoms with Gasteiger partial charge in [-0.2, -0.15) is 10.1 Å². The summed E-state index contributed by atoms with van der Waals surface area (Å²) in [6.45, 7) is 2.22. The average molecular weight is 271 g/mol. The molecule has 3 rings (SSSR count). The Kier molecular flexibility index (Phi) is 2.90. The van der Waals surface area contributed by atoms with Crippen molar-refractivity contribution in [2.75, 3.05) is 7.05 Å². The lowest BCUT2D eigenvalue weighted by atomic mass is 10.2. The Bertz CT molecular complexity index is 746. The van der Waals surface area contributed by atoms with Gasteiger partial charge < -0.3 is 9.88 Å². The Hall–Kier alpha value is -2.77. The van der Waals surface area contributed by atoms with Gasteiger partial charge in [0.15, 0.2) is 0 Å². The number of imidazole rings is 1. The van der Waals surface area contributed by atoms with Crippen molar-refractivity contribution in [1.82, 2.24) is 34.4 Å². The van der Waals surface area contributed by atoms with E-state index in [1.54, 1.807) is 28.9 Å². The lowest BCUT2D eigenvalue weighted by molar-refractivity contribution is 0.0780. The molecule has 0 spiro atoms. The van der Waals surface area contributed by atoms with Crippen LogP contribution in [0, 0.1) is 6.92 Å². The summed E-state index contributed by atoms with van der Waals surface area (Å²) in [5, 5.41) is 4.05. The summed E-state index contributed by atoms with van der Waals surface area (Å²) in [5.41, 5.74) is 1.21. The summed E-state index contributed by atoms with van der Waals surface area (Å²) < 4.78 is 1.55. The van der Waals surface area contributed by atoms with Crippen molar-refractivity contribution in [3.8, 4) is 0 Å². The minimum Gasteiger partial charge on any atom is -0.347 e. The summed E-state index contributed by atoms with van der Waals surface area (Å²) in [6.07, 6.45) is 6.32. The van der Waals surface area contributed by atoms with E-state index in [1.807, 2.05) is 6.92 Å². The fraction of sp³-hybridized carbons (Fsp3) is 0.250. The molecule has 3 aromatic rings. The maximum absolute atomic E-state index is 12.4. The molecule has 20 heavy (non-hydrogen) atoms. The molecular weight excluding hydrogens is 258 g/mol. The highest BCUT2D eigenvalue weighted by atomic mass is 16.2. The van der Waals surface area contributed by atoms with Crippen molar-refractivity contribution in [2.24, 2.45) is 0 Å². The Morgan fingerprint density at radius 2 is 2.25 bits per heavy atom. The molecule has 8 nitrogen and oxygen atoms in total. The first-order valence-electron chi connectivity index (χ1n) is 6.06. The molecule has 0 aromatic carbocycles. The molecule has 3 aromatic heterocycles. The zero-order valence-corrected chi connectivity index (χ0v) is 11.1. The Morgan fingerprint density at radius 3 is 3.00 bits per heavy atom. The third-order valence-electron chi connectivity index (χ3n) is 3.07. The summed E-state index contributed by atoms with van der Waals surface area (Å²) in [6, 6.07) is 0. The second kappa shape index (κ2) is 4.72. The number of rotatable bonds is 3. The molecular formula is C12H13N7O. The highest BCUT2D eigenvalue weighted by Gasteiger charge is 2.18. The van der Waals surface area contributed by atoms with E-state index in [1.165, 1.54) is 12.5 Å². The van der Waals surface area contributed by atoms with Crippen LogP contribution in [0.15, 0.2) is 24.9 Å². The van der Waals surface area contributed by atoms with Crippen molar-refractivity contribution >= 4 is 11.7 Å². The van der Waals surface area contributed by atoms with Gasteiger partial charge in [0.25, 0.3) is 11.7 Å². The number of fused-ring (bicyclic) bond motifs is 1. The van der Waals surface area contributed by atoms with Crippen LogP contribution in [0.2, 0.25) is 0 Å². The molecule has 8 heteroatoms. The largest absolute Gasteiger partial charge is 0.347 e. The van der Waals surface area contributed by atoms with Crippen LogP contribution < -0.4 is 0 Å². The summed E-state index contributed by atoms with van der Waals surface area (Å²) in [5.74, 6) is 1.07. The second-order valence-corrected chi connectivity index (χ2v) is 4.43. The van der Waals surface area contributed by atoms with Crippen LogP contribution in [-0.2, 0) is 6.54 Å². The van der Waals surface area contributed by atoms with Crippen molar-refractivity contribution < 1.29 is 4.79 Å². The molecule has 1 N–H and O–H groups in total. The van der Waals surface area contributed by atoms with Gasteiger partial charge in [0.1, 0.15) is 12.2 Å². The van der Waals surface area contributed by atoms with Crippen molar-refractivity contribution in [2.45, 2.75) is 13.5 Å². The zero-order valence-electron chi connectivity index (χ0n) is 11.1. The van der Waals surface area contributed by atoms with Gasteiger partial charge in [-0.25, -0.2) is 14.5 Å². The van der Waals surface area contributed by atoms with Gasteiger partial charge in [-0.1, -0.05) is 0 Å². The number of hydrogen-bond donors (Lipinski definition) is 1. The van der Waals surface area contributed by atoms with E-state index in [-0.39, 0.29) is 5.91 Å². The third-order valence-corrected chi connectivity index (χ3v) is 3.07. The van der Waals surface area contributed by atoms with E-state index in [0.29, 0.717) is 23.6 Å². The van der Waals surface area contributed by atoms with E-state index in [0.717, 1.165) is 5.82 Å². The average Bonchev–Trinajstić information content (AvgIpc) is 3.09. The lowest BCUT2D eigenvalue weighted by Gasteiger charge is -2.16. The first-order valence-corrected chi connectivity index (χ1v) is 6.06. The van der Waals surface area contributed by atoms with E-state index >= 15 is 0 Å². The van der Waals surface area contributed by atoms with Gasteiger partial charge in [-0.15, -0.1) is 0 Å². The normalized spacial score (nSPS) is 10.9. The third kappa shape index (κ3) is 2.00. The first-order chi connectivity index (χ1) is 9.66. The minimum atomic E-state index is -0.135. The molecule has 0 saturated carbocycles. The molecule has 3 heterocycles. The summed E-state index contributed by atoms with van der Waals surface area (Å²) in [7, 11) is 1.72. The molecule has 0 aliphatic rings. The number of hydrogen-bond acceptors (Lipinski definition) is 5. The van der Waals surface area contributed by atoms with Crippen molar-refractivity contribution in [3.05, 3.63) is 42.0 Å². The van der Waals surface area contributed by atoms with Crippen LogP contribution in [0.25, 0.3) is 5.78 Å². The van der Waals surface area contributed by atoms with Gasteiger partial charge in [-0.05, 0) is 6.92 Å². The molecule has 102 valence electrons. The number of aryl methyl sites for hydroxylation is 1. The molecule has 0 unspecified atom stereocenters.